The number of amides is 1. The number of carbonyl (C=O) groups is 1. The van der Waals surface area contributed by atoms with Crippen LogP contribution in [0.1, 0.15) is 37.6 Å². The summed E-state index contributed by atoms with van der Waals surface area (Å²) in [7, 11) is 1.63. The van der Waals surface area contributed by atoms with Gasteiger partial charge < -0.3 is 19.5 Å². The van der Waals surface area contributed by atoms with Gasteiger partial charge in [-0.25, -0.2) is 0 Å². The zero-order valence-electron chi connectivity index (χ0n) is 19.3. The van der Waals surface area contributed by atoms with Crippen LogP contribution in [0.15, 0.2) is 41.3 Å². The highest BCUT2D eigenvalue weighted by Gasteiger charge is 2.36. The third kappa shape index (κ3) is 6.93. The number of nitrogens with zero attached hydrogens (tertiary/aromatic N) is 2. The lowest BCUT2D eigenvalue weighted by Crippen LogP contribution is -2.30. The van der Waals surface area contributed by atoms with E-state index in [0.29, 0.717) is 23.9 Å². The van der Waals surface area contributed by atoms with Gasteiger partial charge in [0, 0.05) is 35.5 Å². The average Bonchev–Trinajstić information content (AvgIpc) is 3.15. The molecule has 0 radical (unpaired) electrons. The molecule has 2 aromatic rings. The Morgan fingerprint density at radius 1 is 1.21 bits per heavy atom. The summed E-state index contributed by atoms with van der Waals surface area (Å²) in [6, 6.07) is 11.3. The number of aliphatic hydroxyl groups is 1. The first-order chi connectivity index (χ1) is 15.5. The SMILES string of the molecule is CCCN(CCO)CCCOc1ccc(OC)cc1C1Sc2ccc(Cl)cc2N1C(C)=O.Cl. The van der Waals surface area contributed by atoms with Gasteiger partial charge in [0.15, 0.2) is 0 Å². The van der Waals surface area contributed by atoms with Crippen molar-refractivity contribution in [2.75, 3.05) is 44.9 Å². The third-order valence-corrected chi connectivity index (χ3v) is 6.83. The van der Waals surface area contributed by atoms with Gasteiger partial charge in [-0.15, -0.1) is 12.4 Å². The minimum atomic E-state index is -0.267. The van der Waals surface area contributed by atoms with Crippen molar-refractivity contribution < 1.29 is 19.4 Å². The quantitative estimate of drug-likeness (QED) is 0.405. The fourth-order valence-electron chi connectivity index (χ4n) is 3.86. The van der Waals surface area contributed by atoms with E-state index in [2.05, 4.69) is 11.8 Å². The molecule has 0 bridgehead atoms. The van der Waals surface area contributed by atoms with Crippen LogP contribution in [-0.4, -0.2) is 55.9 Å². The Balaban J connectivity index is 0.00000385. The standard InChI is InChI=1S/C24H31ClN2O4S.ClH/c1-4-10-26(12-13-28)11-5-14-31-22-8-7-19(30-3)16-20(22)24-27(17(2)29)21-15-18(25)6-9-23(21)32-24;/h6-9,15-16,24,28H,4-5,10-14H2,1-3H3;1H. The maximum Gasteiger partial charge on any atom is 0.225 e. The van der Waals surface area contributed by atoms with E-state index in [1.807, 2.05) is 36.4 Å². The first kappa shape index (κ1) is 27.6. The van der Waals surface area contributed by atoms with Gasteiger partial charge in [0.1, 0.15) is 16.9 Å². The van der Waals surface area contributed by atoms with E-state index in [9.17, 15) is 9.90 Å². The summed E-state index contributed by atoms with van der Waals surface area (Å²) < 4.78 is 11.6. The van der Waals surface area contributed by atoms with Crippen molar-refractivity contribution in [3.8, 4) is 11.5 Å². The van der Waals surface area contributed by atoms with Crippen molar-refractivity contribution in [3.63, 3.8) is 0 Å². The zero-order valence-corrected chi connectivity index (χ0v) is 21.6. The maximum atomic E-state index is 12.6. The van der Waals surface area contributed by atoms with Crippen LogP contribution < -0.4 is 14.4 Å². The van der Waals surface area contributed by atoms with Crippen LogP contribution in [0.3, 0.4) is 0 Å². The Labute approximate surface area is 211 Å². The average molecular weight is 516 g/mol. The minimum absolute atomic E-state index is 0. The third-order valence-electron chi connectivity index (χ3n) is 5.31. The Morgan fingerprint density at radius 2 is 2.00 bits per heavy atom. The van der Waals surface area contributed by atoms with Crippen LogP contribution in [0.25, 0.3) is 0 Å². The van der Waals surface area contributed by atoms with E-state index in [0.717, 1.165) is 47.8 Å². The molecule has 6 nitrogen and oxygen atoms in total. The normalized spacial score (nSPS) is 14.7. The van der Waals surface area contributed by atoms with Crippen LogP contribution in [0.2, 0.25) is 5.02 Å². The molecule has 3 rings (SSSR count). The molecule has 1 aliphatic rings. The molecule has 9 heteroatoms. The van der Waals surface area contributed by atoms with E-state index in [-0.39, 0.29) is 30.3 Å². The number of aliphatic hydroxyl groups excluding tert-OH is 1. The molecule has 182 valence electrons. The lowest BCUT2D eigenvalue weighted by molar-refractivity contribution is -0.116. The number of thioether (sulfide) groups is 1. The Hall–Kier alpha value is -1.64. The second-order valence-electron chi connectivity index (χ2n) is 7.64. The summed E-state index contributed by atoms with van der Waals surface area (Å²) in [6.07, 6.45) is 1.89. The molecule has 0 fully saturated rings. The smallest absolute Gasteiger partial charge is 0.225 e. The second kappa shape index (κ2) is 13.3. The van der Waals surface area contributed by atoms with Gasteiger partial charge in [-0.1, -0.05) is 30.3 Å². The van der Waals surface area contributed by atoms with E-state index >= 15 is 0 Å². The molecule has 1 aliphatic heterocycles. The lowest BCUT2D eigenvalue weighted by Gasteiger charge is -2.26. The molecule has 0 saturated carbocycles. The molecule has 1 amide bonds. The molecule has 0 aliphatic carbocycles. The van der Waals surface area contributed by atoms with Crippen LogP contribution in [0.4, 0.5) is 5.69 Å². The molecular weight excluding hydrogens is 483 g/mol. The summed E-state index contributed by atoms with van der Waals surface area (Å²) >= 11 is 7.81. The van der Waals surface area contributed by atoms with E-state index in [1.165, 1.54) is 0 Å². The predicted molar refractivity (Wildman–Crippen MR) is 137 cm³/mol. The number of fused-ring (bicyclic) bond motifs is 1. The van der Waals surface area contributed by atoms with Crippen molar-refractivity contribution in [3.05, 3.63) is 47.0 Å². The number of halogens is 2. The first-order valence-corrected chi connectivity index (χ1v) is 12.1. The number of ether oxygens (including phenoxy) is 2. The Kier molecular flexibility index (Phi) is 11.1. The topological polar surface area (TPSA) is 62.2 Å². The number of methoxy groups -OCH3 is 1. The van der Waals surface area contributed by atoms with Gasteiger partial charge in [0.2, 0.25) is 5.91 Å². The number of benzene rings is 2. The zero-order chi connectivity index (χ0) is 23.1. The monoisotopic (exact) mass is 514 g/mol. The number of carbonyl (C=O) groups excluding carboxylic acids is 1. The Morgan fingerprint density at radius 3 is 2.67 bits per heavy atom. The first-order valence-electron chi connectivity index (χ1n) is 10.9. The molecule has 1 heterocycles. The van der Waals surface area contributed by atoms with Gasteiger partial charge in [0.05, 0.1) is 26.0 Å². The molecule has 1 N–H and O–H groups in total. The summed E-state index contributed by atoms with van der Waals surface area (Å²) in [5, 5.41) is 9.57. The van der Waals surface area contributed by atoms with Gasteiger partial charge in [0.25, 0.3) is 0 Å². The maximum absolute atomic E-state index is 12.6. The van der Waals surface area contributed by atoms with E-state index in [4.69, 9.17) is 21.1 Å². The van der Waals surface area contributed by atoms with Crippen LogP contribution >= 0.6 is 35.8 Å². The van der Waals surface area contributed by atoms with Gasteiger partial charge in [-0.2, -0.15) is 0 Å². The summed E-state index contributed by atoms with van der Waals surface area (Å²) in [5.41, 5.74) is 1.70. The number of rotatable bonds is 11. The molecule has 0 spiro atoms. The van der Waals surface area contributed by atoms with Crippen LogP contribution in [-0.2, 0) is 4.79 Å². The lowest BCUT2D eigenvalue weighted by atomic mass is 10.1. The van der Waals surface area contributed by atoms with Gasteiger partial charge in [-0.05, 0) is 55.8 Å². The van der Waals surface area contributed by atoms with Gasteiger partial charge in [-0.3, -0.25) is 9.69 Å². The minimum Gasteiger partial charge on any atom is -0.497 e. The molecule has 0 aromatic heterocycles. The van der Waals surface area contributed by atoms with Crippen LogP contribution in [0.5, 0.6) is 11.5 Å². The molecule has 1 unspecified atom stereocenters. The van der Waals surface area contributed by atoms with Crippen molar-refractivity contribution in [2.45, 2.75) is 37.0 Å². The molecule has 0 saturated heterocycles. The summed E-state index contributed by atoms with van der Waals surface area (Å²) in [6.45, 7) is 6.90. The van der Waals surface area contributed by atoms with Crippen molar-refractivity contribution in [2.24, 2.45) is 0 Å². The fraction of sp³-hybridized carbons (Fsp3) is 0.458. The summed E-state index contributed by atoms with van der Waals surface area (Å²) in [5.74, 6) is 1.39. The second-order valence-corrected chi connectivity index (χ2v) is 9.20. The van der Waals surface area contributed by atoms with Crippen molar-refractivity contribution >= 4 is 47.4 Å². The highest BCUT2D eigenvalue weighted by molar-refractivity contribution is 8.00. The largest absolute Gasteiger partial charge is 0.497 e. The van der Waals surface area contributed by atoms with Crippen molar-refractivity contribution in [1.29, 1.82) is 0 Å². The highest BCUT2D eigenvalue weighted by Crippen LogP contribution is 2.54. The highest BCUT2D eigenvalue weighted by atomic mass is 35.5. The molecule has 33 heavy (non-hydrogen) atoms. The predicted octanol–water partition coefficient (Wildman–Crippen LogP) is 5.40. The molecule has 2 aromatic carbocycles. The van der Waals surface area contributed by atoms with E-state index < -0.39 is 0 Å². The van der Waals surface area contributed by atoms with Crippen molar-refractivity contribution in [1.82, 2.24) is 4.90 Å². The van der Waals surface area contributed by atoms with E-state index in [1.54, 1.807) is 30.7 Å². The number of hydrogen-bond donors (Lipinski definition) is 1. The van der Waals surface area contributed by atoms with Gasteiger partial charge >= 0.3 is 0 Å². The number of hydrogen-bond acceptors (Lipinski definition) is 6. The summed E-state index contributed by atoms with van der Waals surface area (Å²) in [4.78, 5) is 17.6. The molecule has 1 atom stereocenters. The number of anilines is 1. The van der Waals surface area contributed by atoms with Crippen LogP contribution in [0, 0.1) is 0 Å². The molecular formula is C24H32Cl2N2O4S. The fourth-order valence-corrected chi connectivity index (χ4v) is 5.37. The Bertz CT molecular complexity index is 925.